The molecule has 2 rings (SSSR count). The SMILES string of the molecule is COCC1CCN(c2ccccc2C(=N)N)CC1. The predicted molar refractivity (Wildman–Crippen MR) is 74.3 cm³/mol. The highest BCUT2D eigenvalue weighted by Gasteiger charge is 2.21. The molecule has 1 aromatic rings. The van der Waals surface area contributed by atoms with Gasteiger partial charge in [-0.15, -0.1) is 0 Å². The van der Waals surface area contributed by atoms with Crippen LogP contribution in [0.25, 0.3) is 0 Å². The summed E-state index contributed by atoms with van der Waals surface area (Å²) in [7, 11) is 1.76. The second-order valence-electron chi connectivity index (χ2n) is 4.82. The lowest BCUT2D eigenvalue weighted by Crippen LogP contribution is -2.36. The lowest BCUT2D eigenvalue weighted by molar-refractivity contribution is 0.139. The van der Waals surface area contributed by atoms with Gasteiger partial charge in [0.15, 0.2) is 0 Å². The number of rotatable bonds is 4. The molecule has 4 heteroatoms. The maximum Gasteiger partial charge on any atom is 0.124 e. The van der Waals surface area contributed by atoms with Crippen LogP contribution in [0.5, 0.6) is 0 Å². The highest BCUT2D eigenvalue weighted by atomic mass is 16.5. The topological polar surface area (TPSA) is 62.3 Å². The summed E-state index contributed by atoms with van der Waals surface area (Å²) in [6.07, 6.45) is 2.28. The number of nitrogens with two attached hydrogens (primary N) is 1. The van der Waals surface area contributed by atoms with Crippen LogP contribution in [0.4, 0.5) is 5.69 Å². The van der Waals surface area contributed by atoms with E-state index in [2.05, 4.69) is 4.90 Å². The van der Waals surface area contributed by atoms with Crippen molar-refractivity contribution in [3.05, 3.63) is 29.8 Å². The zero-order valence-electron chi connectivity index (χ0n) is 10.9. The largest absolute Gasteiger partial charge is 0.384 e. The van der Waals surface area contributed by atoms with E-state index in [1.165, 1.54) is 0 Å². The Bertz CT molecular complexity index is 411. The van der Waals surface area contributed by atoms with Gasteiger partial charge in [-0.25, -0.2) is 0 Å². The first-order valence-electron chi connectivity index (χ1n) is 6.39. The van der Waals surface area contributed by atoms with E-state index in [4.69, 9.17) is 15.9 Å². The number of anilines is 1. The molecule has 98 valence electrons. The van der Waals surface area contributed by atoms with Crippen molar-refractivity contribution in [2.75, 3.05) is 31.7 Å². The third kappa shape index (κ3) is 2.82. The Morgan fingerprint density at radius 2 is 2.06 bits per heavy atom. The second kappa shape index (κ2) is 5.87. The number of nitrogens with zero attached hydrogens (tertiary/aromatic N) is 1. The number of nitrogen functional groups attached to an aromatic ring is 1. The van der Waals surface area contributed by atoms with Crippen LogP contribution < -0.4 is 10.6 Å². The molecule has 0 amide bonds. The summed E-state index contributed by atoms with van der Waals surface area (Å²) in [6, 6.07) is 7.90. The van der Waals surface area contributed by atoms with E-state index in [0.29, 0.717) is 5.92 Å². The van der Waals surface area contributed by atoms with Crippen LogP contribution in [0.1, 0.15) is 18.4 Å². The van der Waals surface area contributed by atoms with E-state index in [1.54, 1.807) is 7.11 Å². The monoisotopic (exact) mass is 247 g/mol. The second-order valence-corrected chi connectivity index (χ2v) is 4.82. The molecule has 0 atom stereocenters. The molecule has 1 fully saturated rings. The number of amidine groups is 1. The normalized spacial score (nSPS) is 16.8. The first-order chi connectivity index (χ1) is 8.72. The average molecular weight is 247 g/mol. The Kier molecular flexibility index (Phi) is 4.20. The molecule has 1 aliphatic heterocycles. The molecular weight excluding hydrogens is 226 g/mol. The summed E-state index contributed by atoms with van der Waals surface area (Å²) in [5, 5.41) is 7.63. The molecule has 0 aromatic heterocycles. The van der Waals surface area contributed by atoms with Crippen LogP contribution in [-0.2, 0) is 4.74 Å². The fourth-order valence-electron chi connectivity index (χ4n) is 2.55. The van der Waals surface area contributed by atoms with Gasteiger partial charge in [-0.05, 0) is 30.9 Å². The summed E-state index contributed by atoms with van der Waals surface area (Å²) in [6.45, 7) is 2.87. The number of hydrogen-bond donors (Lipinski definition) is 2. The number of methoxy groups -OCH3 is 1. The fraction of sp³-hybridized carbons (Fsp3) is 0.500. The van der Waals surface area contributed by atoms with E-state index in [1.807, 2.05) is 24.3 Å². The number of hydrogen-bond acceptors (Lipinski definition) is 3. The van der Waals surface area contributed by atoms with Crippen LogP contribution in [0.15, 0.2) is 24.3 Å². The molecule has 4 nitrogen and oxygen atoms in total. The number of piperidine rings is 1. The van der Waals surface area contributed by atoms with Gasteiger partial charge in [0.2, 0.25) is 0 Å². The summed E-state index contributed by atoms with van der Waals surface area (Å²) < 4.78 is 5.21. The van der Waals surface area contributed by atoms with E-state index < -0.39 is 0 Å². The summed E-state index contributed by atoms with van der Waals surface area (Å²) >= 11 is 0. The minimum atomic E-state index is 0.143. The van der Waals surface area contributed by atoms with Gasteiger partial charge >= 0.3 is 0 Å². The fourth-order valence-corrected chi connectivity index (χ4v) is 2.55. The molecule has 3 N–H and O–H groups in total. The van der Waals surface area contributed by atoms with Gasteiger partial charge in [-0.1, -0.05) is 12.1 Å². The highest BCUT2D eigenvalue weighted by Crippen LogP contribution is 2.26. The molecule has 0 bridgehead atoms. The number of nitrogens with one attached hydrogen (secondary N) is 1. The zero-order valence-corrected chi connectivity index (χ0v) is 10.9. The van der Waals surface area contributed by atoms with Gasteiger partial charge in [0.25, 0.3) is 0 Å². The van der Waals surface area contributed by atoms with E-state index >= 15 is 0 Å². The third-order valence-electron chi connectivity index (χ3n) is 3.55. The molecular formula is C14H21N3O. The van der Waals surface area contributed by atoms with Gasteiger partial charge in [-0.3, -0.25) is 5.41 Å². The number of ether oxygens (including phenoxy) is 1. The molecule has 0 spiro atoms. The predicted octanol–water partition coefficient (Wildman–Crippen LogP) is 1.83. The van der Waals surface area contributed by atoms with Crippen LogP contribution in [0.3, 0.4) is 0 Å². The van der Waals surface area contributed by atoms with Crippen molar-refractivity contribution < 1.29 is 4.74 Å². The van der Waals surface area contributed by atoms with Crippen molar-refractivity contribution in [2.45, 2.75) is 12.8 Å². The van der Waals surface area contributed by atoms with Crippen molar-refractivity contribution in [3.8, 4) is 0 Å². The smallest absolute Gasteiger partial charge is 0.124 e. The van der Waals surface area contributed by atoms with Gasteiger partial charge in [0, 0.05) is 38.1 Å². The van der Waals surface area contributed by atoms with Crippen LogP contribution >= 0.6 is 0 Å². The molecule has 18 heavy (non-hydrogen) atoms. The Labute approximate surface area is 108 Å². The standard InChI is InChI=1S/C14H21N3O/c1-18-10-11-6-8-17(9-7-11)13-5-3-2-4-12(13)14(15)16/h2-5,11H,6-10H2,1H3,(H3,15,16). The van der Waals surface area contributed by atoms with Gasteiger partial charge in [0.05, 0.1) is 0 Å². The minimum Gasteiger partial charge on any atom is -0.384 e. The lowest BCUT2D eigenvalue weighted by Gasteiger charge is -2.34. The Morgan fingerprint density at radius 1 is 1.39 bits per heavy atom. The quantitative estimate of drug-likeness (QED) is 0.630. The van der Waals surface area contributed by atoms with Gasteiger partial charge in [0.1, 0.15) is 5.84 Å². The molecule has 1 heterocycles. The van der Waals surface area contributed by atoms with Crippen molar-refractivity contribution in [3.63, 3.8) is 0 Å². The number of benzene rings is 1. The van der Waals surface area contributed by atoms with E-state index in [0.717, 1.165) is 43.8 Å². The van der Waals surface area contributed by atoms with Crippen LogP contribution in [0.2, 0.25) is 0 Å². The highest BCUT2D eigenvalue weighted by molar-refractivity contribution is 6.00. The zero-order chi connectivity index (χ0) is 13.0. The van der Waals surface area contributed by atoms with Crippen molar-refractivity contribution in [2.24, 2.45) is 11.7 Å². The van der Waals surface area contributed by atoms with Gasteiger partial charge in [-0.2, -0.15) is 0 Å². The Hall–Kier alpha value is -1.55. The maximum atomic E-state index is 7.63. The van der Waals surface area contributed by atoms with E-state index in [9.17, 15) is 0 Å². The van der Waals surface area contributed by atoms with Gasteiger partial charge < -0.3 is 15.4 Å². The Balaban J connectivity index is 2.07. The van der Waals surface area contributed by atoms with Crippen LogP contribution in [-0.4, -0.2) is 32.6 Å². The third-order valence-corrected chi connectivity index (χ3v) is 3.55. The van der Waals surface area contributed by atoms with Crippen molar-refractivity contribution in [1.82, 2.24) is 0 Å². The first kappa shape index (κ1) is 12.9. The number of para-hydroxylation sites is 1. The lowest BCUT2D eigenvalue weighted by atomic mass is 9.96. The van der Waals surface area contributed by atoms with Crippen molar-refractivity contribution >= 4 is 11.5 Å². The first-order valence-corrected chi connectivity index (χ1v) is 6.39. The molecule has 1 aliphatic rings. The van der Waals surface area contributed by atoms with Crippen LogP contribution in [0, 0.1) is 11.3 Å². The molecule has 1 saturated heterocycles. The molecule has 0 aliphatic carbocycles. The molecule has 0 saturated carbocycles. The summed E-state index contributed by atoms with van der Waals surface area (Å²) in [5.74, 6) is 0.806. The van der Waals surface area contributed by atoms with Crippen molar-refractivity contribution in [1.29, 1.82) is 5.41 Å². The maximum absolute atomic E-state index is 7.63. The molecule has 1 aromatic carbocycles. The molecule has 0 radical (unpaired) electrons. The van der Waals surface area contributed by atoms with E-state index in [-0.39, 0.29) is 5.84 Å². The Morgan fingerprint density at radius 3 is 2.67 bits per heavy atom. The average Bonchev–Trinajstić information content (AvgIpc) is 2.40. The molecule has 0 unspecified atom stereocenters. The summed E-state index contributed by atoms with van der Waals surface area (Å²) in [5.41, 5.74) is 7.55. The minimum absolute atomic E-state index is 0.143. The summed E-state index contributed by atoms with van der Waals surface area (Å²) in [4.78, 5) is 2.32.